The highest BCUT2D eigenvalue weighted by Crippen LogP contribution is 2.12. The molecule has 2 rings (SSSR count). The predicted molar refractivity (Wildman–Crippen MR) is 79.1 cm³/mol. The fourth-order valence-electron chi connectivity index (χ4n) is 3.39. The normalized spacial score (nSPS) is 23.4. The number of hydrogen-bond acceptors (Lipinski definition) is 2. The summed E-state index contributed by atoms with van der Waals surface area (Å²) in [6, 6.07) is 0. The Bertz CT molecular complexity index is 173. The monoisotopic (exact) mass is 287 g/mol. The number of hydrogen-bond donors (Lipinski definition) is 0. The topological polar surface area (TPSA) is 6.48 Å². The summed E-state index contributed by atoms with van der Waals surface area (Å²) in [5.74, 6) is 0. The summed E-state index contributed by atoms with van der Waals surface area (Å²) in [4.78, 5) is 5.41. The zero-order chi connectivity index (χ0) is 12.5. The van der Waals surface area contributed by atoms with Crippen LogP contribution in [0.4, 0.5) is 0 Å². The van der Waals surface area contributed by atoms with Crippen LogP contribution >= 0.6 is 0 Å². The van der Waals surface area contributed by atoms with Crippen molar-refractivity contribution in [1.29, 1.82) is 0 Å². The van der Waals surface area contributed by atoms with Crippen molar-refractivity contribution in [1.82, 2.24) is 9.80 Å². The van der Waals surface area contributed by atoms with Crippen LogP contribution in [0.3, 0.4) is 0 Å². The first kappa shape index (κ1) is 17.3. The van der Waals surface area contributed by atoms with Crippen molar-refractivity contribution in [3.63, 3.8) is 0 Å². The third-order valence-electron chi connectivity index (χ3n) is 4.60. The Morgan fingerprint density at radius 2 is 0.789 bits per heavy atom. The fraction of sp³-hybridized carbons (Fsp3) is 1.00. The van der Waals surface area contributed by atoms with E-state index in [1.165, 1.54) is 103 Å². The molecule has 3 heteroatoms. The van der Waals surface area contributed by atoms with Crippen molar-refractivity contribution in [2.24, 2.45) is 0 Å². The Kier molecular flexibility index (Phi) is 9.93. The summed E-state index contributed by atoms with van der Waals surface area (Å²) in [6.07, 6.45) is 14.4. The van der Waals surface area contributed by atoms with E-state index in [2.05, 4.69) is 9.80 Å². The molecule has 0 aromatic heterocycles. The van der Waals surface area contributed by atoms with Gasteiger partial charge >= 0.3 is 0 Å². The van der Waals surface area contributed by atoms with Gasteiger partial charge in [0.2, 0.25) is 0 Å². The first-order chi connectivity index (χ1) is 8.95. The SMILES string of the molecule is C1CCCN(CCCCN2CCCCCC2)CC1.[Cl-]. The van der Waals surface area contributed by atoms with Crippen LogP contribution < -0.4 is 12.4 Å². The van der Waals surface area contributed by atoms with Gasteiger partial charge in [0.25, 0.3) is 0 Å². The summed E-state index contributed by atoms with van der Waals surface area (Å²) in [5, 5.41) is 0. The summed E-state index contributed by atoms with van der Waals surface area (Å²) in [7, 11) is 0. The second-order valence-corrected chi connectivity index (χ2v) is 6.22. The molecule has 0 aromatic rings. The Balaban J connectivity index is 0.00000180. The van der Waals surface area contributed by atoms with Crippen LogP contribution in [0.25, 0.3) is 0 Å². The Morgan fingerprint density at radius 1 is 0.474 bits per heavy atom. The van der Waals surface area contributed by atoms with Gasteiger partial charge in [0.05, 0.1) is 0 Å². The number of halogens is 1. The van der Waals surface area contributed by atoms with Crippen LogP contribution in [0.5, 0.6) is 0 Å². The molecule has 0 atom stereocenters. The van der Waals surface area contributed by atoms with Crippen molar-refractivity contribution in [2.75, 3.05) is 39.3 Å². The average Bonchev–Trinajstić information content (AvgIpc) is 2.79. The molecule has 0 saturated carbocycles. The van der Waals surface area contributed by atoms with Gasteiger partial charge in [0, 0.05) is 0 Å². The number of unbranched alkanes of at least 4 members (excludes halogenated alkanes) is 1. The second-order valence-electron chi connectivity index (χ2n) is 6.22. The Hall–Kier alpha value is 0.210. The van der Waals surface area contributed by atoms with Crippen LogP contribution in [-0.2, 0) is 0 Å². The van der Waals surface area contributed by atoms with Gasteiger partial charge < -0.3 is 22.2 Å². The summed E-state index contributed by atoms with van der Waals surface area (Å²) < 4.78 is 0. The highest BCUT2D eigenvalue weighted by atomic mass is 35.5. The van der Waals surface area contributed by atoms with E-state index in [0.29, 0.717) is 0 Å². The molecule has 0 N–H and O–H groups in total. The maximum absolute atomic E-state index is 2.70. The van der Waals surface area contributed by atoms with Crippen LogP contribution in [0.1, 0.15) is 64.2 Å². The van der Waals surface area contributed by atoms with Gasteiger partial charge in [0.15, 0.2) is 0 Å². The van der Waals surface area contributed by atoms with Crippen LogP contribution in [-0.4, -0.2) is 49.1 Å². The molecule has 0 unspecified atom stereocenters. The van der Waals surface area contributed by atoms with Crippen molar-refractivity contribution in [3.8, 4) is 0 Å². The largest absolute Gasteiger partial charge is 1.00 e. The predicted octanol–water partition coefficient (Wildman–Crippen LogP) is 0.523. The molecule has 0 bridgehead atoms. The quantitative estimate of drug-likeness (QED) is 0.681. The van der Waals surface area contributed by atoms with Crippen LogP contribution in [0, 0.1) is 0 Å². The highest BCUT2D eigenvalue weighted by molar-refractivity contribution is 4.66. The minimum absolute atomic E-state index is 0. The average molecular weight is 288 g/mol. The van der Waals surface area contributed by atoms with Crippen LogP contribution in [0.15, 0.2) is 0 Å². The van der Waals surface area contributed by atoms with E-state index < -0.39 is 0 Å². The molecule has 2 aliphatic rings. The van der Waals surface area contributed by atoms with Gasteiger partial charge in [-0.05, 0) is 77.8 Å². The Morgan fingerprint density at radius 3 is 1.11 bits per heavy atom. The van der Waals surface area contributed by atoms with E-state index in [1.54, 1.807) is 0 Å². The van der Waals surface area contributed by atoms with Crippen LogP contribution in [0.2, 0.25) is 0 Å². The van der Waals surface area contributed by atoms with Gasteiger partial charge in [-0.2, -0.15) is 0 Å². The molecule has 2 nitrogen and oxygen atoms in total. The van der Waals surface area contributed by atoms with E-state index in [-0.39, 0.29) is 12.4 Å². The Labute approximate surface area is 126 Å². The van der Waals surface area contributed by atoms with Gasteiger partial charge in [-0.15, -0.1) is 0 Å². The molecule has 0 aromatic carbocycles. The molecule has 0 radical (unpaired) electrons. The first-order valence-electron chi connectivity index (χ1n) is 8.40. The molecule has 2 saturated heterocycles. The van der Waals surface area contributed by atoms with E-state index in [0.717, 1.165) is 0 Å². The molecule has 2 aliphatic heterocycles. The molecule has 0 aliphatic carbocycles. The molecule has 0 amide bonds. The van der Waals surface area contributed by atoms with Gasteiger partial charge in [-0.1, -0.05) is 25.7 Å². The summed E-state index contributed by atoms with van der Waals surface area (Å²) >= 11 is 0. The standard InChI is InChI=1S/C16H32N2.ClH/c1-2-6-12-17(11-5-1)15-9-10-16-18-13-7-3-4-8-14-18;/h1-16H2;1H/p-1. The lowest BCUT2D eigenvalue weighted by Gasteiger charge is -2.22. The number of rotatable bonds is 5. The number of likely N-dealkylation sites (tertiary alicyclic amines) is 2. The van der Waals surface area contributed by atoms with E-state index >= 15 is 0 Å². The second kappa shape index (κ2) is 10.9. The minimum atomic E-state index is 0. The lowest BCUT2D eigenvalue weighted by atomic mass is 10.2. The maximum Gasteiger partial charge on any atom is -0.00183 e. The third-order valence-corrected chi connectivity index (χ3v) is 4.60. The zero-order valence-corrected chi connectivity index (χ0v) is 13.3. The molecule has 2 heterocycles. The summed E-state index contributed by atoms with van der Waals surface area (Å²) in [6.45, 7) is 8.17. The van der Waals surface area contributed by atoms with Crippen molar-refractivity contribution >= 4 is 0 Å². The zero-order valence-electron chi connectivity index (χ0n) is 12.6. The van der Waals surface area contributed by atoms with Gasteiger partial charge in [0.1, 0.15) is 0 Å². The minimum Gasteiger partial charge on any atom is -1.00 e. The van der Waals surface area contributed by atoms with Crippen molar-refractivity contribution in [2.45, 2.75) is 64.2 Å². The van der Waals surface area contributed by atoms with Gasteiger partial charge in [-0.3, -0.25) is 0 Å². The van der Waals surface area contributed by atoms with E-state index in [1.807, 2.05) is 0 Å². The van der Waals surface area contributed by atoms with Gasteiger partial charge in [-0.25, -0.2) is 0 Å². The smallest absolute Gasteiger partial charge is 0.00183 e. The third kappa shape index (κ3) is 7.53. The number of nitrogens with zero attached hydrogens (tertiary/aromatic N) is 2. The molecule has 19 heavy (non-hydrogen) atoms. The lowest BCUT2D eigenvalue weighted by Crippen LogP contribution is -3.00. The first-order valence-corrected chi connectivity index (χ1v) is 8.40. The summed E-state index contributed by atoms with van der Waals surface area (Å²) in [5.41, 5.74) is 0. The van der Waals surface area contributed by atoms with E-state index in [9.17, 15) is 0 Å². The highest BCUT2D eigenvalue weighted by Gasteiger charge is 2.10. The molecular formula is C16H32ClN2-. The molecule has 2 fully saturated rings. The van der Waals surface area contributed by atoms with Crippen molar-refractivity contribution < 1.29 is 12.4 Å². The molecule has 0 spiro atoms. The van der Waals surface area contributed by atoms with E-state index in [4.69, 9.17) is 0 Å². The molecular weight excluding hydrogens is 256 g/mol. The fourth-order valence-corrected chi connectivity index (χ4v) is 3.39. The van der Waals surface area contributed by atoms with Crippen molar-refractivity contribution in [3.05, 3.63) is 0 Å². The molecule has 114 valence electrons. The lowest BCUT2D eigenvalue weighted by molar-refractivity contribution is -0.00000389. The maximum atomic E-state index is 2.70.